The Bertz CT molecular complexity index is 283. The Morgan fingerprint density at radius 1 is 1.42 bits per heavy atom. The summed E-state index contributed by atoms with van der Waals surface area (Å²) in [6.07, 6.45) is 4.52. The predicted molar refractivity (Wildman–Crippen MR) is 83.4 cm³/mol. The number of rotatable bonds is 3. The lowest BCUT2D eigenvalue weighted by Gasteiger charge is -2.33. The molecule has 0 spiro atoms. The second-order valence-corrected chi connectivity index (χ2v) is 5.84. The summed E-state index contributed by atoms with van der Waals surface area (Å²) in [6.45, 7) is 6.11. The Morgan fingerprint density at radius 3 is 2.68 bits per heavy atom. The summed E-state index contributed by atoms with van der Waals surface area (Å²) in [7, 11) is 2.14. The van der Waals surface area contributed by atoms with Crippen LogP contribution < -0.4 is 10.6 Å². The Kier molecular flexibility index (Phi) is 8.29. The number of nitrogens with zero attached hydrogens (tertiary/aromatic N) is 1. The van der Waals surface area contributed by atoms with E-state index in [1.807, 2.05) is 6.92 Å². The molecule has 2 atom stereocenters. The number of piperidine rings is 1. The number of nitrogens with one attached hydrogen (secondary N) is 2. The van der Waals surface area contributed by atoms with Gasteiger partial charge in [0.2, 0.25) is 5.91 Å². The molecule has 2 N–H and O–H groups in total. The van der Waals surface area contributed by atoms with Crippen LogP contribution in [0.15, 0.2) is 0 Å². The maximum Gasteiger partial charge on any atom is 0.240 e. The molecule has 6 heteroatoms. The van der Waals surface area contributed by atoms with Crippen molar-refractivity contribution in [3.8, 4) is 0 Å². The lowest BCUT2D eigenvalue weighted by atomic mass is 9.90. The van der Waals surface area contributed by atoms with E-state index in [1.165, 1.54) is 12.8 Å². The van der Waals surface area contributed by atoms with Gasteiger partial charge in [-0.05, 0) is 58.7 Å². The molecular weight excluding hydrogens is 285 g/mol. The fraction of sp³-hybridized carbons (Fsp3) is 0.923. The molecule has 2 saturated heterocycles. The highest BCUT2D eigenvalue weighted by Crippen LogP contribution is 2.19. The molecule has 0 aromatic heterocycles. The fourth-order valence-electron chi connectivity index (χ4n) is 2.88. The predicted octanol–water partition coefficient (Wildman–Crippen LogP) is 1.43. The van der Waals surface area contributed by atoms with Crippen molar-refractivity contribution < 1.29 is 4.79 Å². The second kappa shape index (κ2) is 8.30. The average molecular weight is 312 g/mol. The number of amides is 1. The molecule has 0 aliphatic carbocycles. The summed E-state index contributed by atoms with van der Waals surface area (Å²) in [4.78, 5) is 14.5. The van der Waals surface area contributed by atoms with Gasteiger partial charge in [0.05, 0.1) is 5.54 Å². The van der Waals surface area contributed by atoms with Crippen LogP contribution in [0.5, 0.6) is 0 Å². The summed E-state index contributed by atoms with van der Waals surface area (Å²) >= 11 is 0. The van der Waals surface area contributed by atoms with Crippen molar-refractivity contribution in [2.45, 2.75) is 38.1 Å². The molecule has 2 heterocycles. The topological polar surface area (TPSA) is 44.4 Å². The van der Waals surface area contributed by atoms with Crippen molar-refractivity contribution in [1.82, 2.24) is 15.5 Å². The van der Waals surface area contributed by atoms with Crippen molar-refractivity contribution in [2.24, 2.45) is 5.92 Å². The SMILES string of the molecule is CN1CCC(CNC(=O)C2(C)CCCCN2)C1.Cl.Cl. The van der Waals surface area contributed by atoms with Crippen LogP contribution in [-0.4, -0.2) is 49.6 Å². The van der Waals surface area contributed by atoms with Crippen LogP contribution in [0.2, 0.25) is 0 Å². The minimum absolute atomic E-state index is 0. The van der Waals surface area contributed by atoms with E-state index < -0.39 is 0 Å². The molecule has 0 radical (unpaired) electrons. The third kappa shape index (κ3) is 5.10. The standard InChI is InChI=1S/C13H25N3O.2ClH/c1-13(6-3-4-7-15-13)12(17)14-9-11-5-8-16(2)10-11;;/h11,15H,3-10H2,1-2H3,(H,14,17);2*1H. The summed E-state index contributed by atoms with van der Waals surface area (Å²) in [6, 6.07) is 0. The molecule has 0 bridgehead atoms. The molecule has 2 fully saturated rings. The van der Waals surface area contributed by atoms with Crippen LogP contribution >= 0.6 is 24.8 Å². The van der Waals surface area contributed by atoms with Gasteiger partial charge in [-0.15, -0.1) is 24.8 Å². The molecule has 2 aliphatic heterocycles. The molecule has 2 rings (SSSR count). The molecule has 1 amide bonds. The summed E-state index contributed by atoms with van der Waals surface area (Å²) < 4.78 is 0. The van der Waals surface area contributed by atoms with Gasteiger partial charge in [0, 0.05) is 13.1 Å². The van der Waals surface area contributed by atoms with Gasteiger partial charge in [-0.2, -0.15) is 0 Å². The third-order valence-electron chi connectivity index (χ3n) is 4.16. The van der Waals surface area contributed by atoms with Crippen molar-refractivity contribution in [3.05, 3.63) is 0 Å². The van der Waals surface area contributed by atoms with E-state index >= 15 is 0 Å². The first-order chi connectivity index (χ1) is 8.10. The molecule has 0 aromatic rings. The third-order valence-corrected chi connectivity index (χ3v) is 4.16. The Balaban J connectivity index is 0.00000162. The van der Waals surface area contributed by atoms with E-state index in [0.717, 1.165) is 39.0 Å². The summed E-state index contributed by atoms with van der Waals surface area (Å²) in [5.74, 6) is 0.822. The first kappa shape index (κ1) is 19.0. The zero-order chi connectivity index (χ0) is 12.3. The van der Waals surface area contributed by atoms with Gasteiger partial charge < -0.3 is 15.5 Å². The van der Waals surface area contributed by atoms with Crippen LogP contribution in [0.4, 0.5) is 0 Å². The second-order valence-electron chi connectivity index (χ2n) is 5.84. The minimum Gasteiger partial charge on any atom is -0.354 e. The van der Waals surface area contributed by atoms with Gasteiger partial charge in [0.25, 0.3) is 0 Å². The smallest absolute Gasteiger partial charge is 0.240 e. The normalized spacial score (nSPS) is 31.2. The van der Waals surface area contributed by atoms with Gasteiger partial charge in [-0.3, -0.25) is 4.79 Å². The highest BCUT2D eigenvalue weighted by atomic mass is 35.5. The zero-order valence-electron chi connectivity index (χ0n) is 11.9. The van der Waals surface area contributed by atoms with E-state index in [9.17, 15) is 4.79 Å². The van der Waals surface area contributed by atoms with E-state index in [1.54, 1.807) is 0 Å². The van der Waals surface area contributed by atoms with Crippen molar-refractivity contribution in [2.75, 3.05) is 33.2 Å². The number of hydrogen-bond acceptors (Lipinski definition) is 3. The summed E-state index contributed by atoms with van der Waals surface area (Å²) in [5, 5.41) is 6.48. The number of carbonyl (C=O) groups is 1. The van der Waals surface area contributed by atoms with Gasteiger partial charge in [0.1, 0.15) is 0 Å². The van der Waals surface area contributed by atoms with Crippen LogP contribution in [0.25, 0.3) is 0 Å². The van der Waals surface area contributed by atoms with E-state index in [-0.39, 0.29) is 36.3 Å². The number of likely N-dealkylation sites (tertiary alicyclic amines) is 1. The van der Waals surface area contributed by atoms with Crippen molar-refractivity contribution in [1.29, 1.82) is 0 Å². The largest absolute Gasteiger partial charge is 0.354 e. The maximum absolute atomic E-state index is 12.2. The summed E-state index contributed by atoms with van der Waals surface area (Å²) in [5.41, 5.74) is -0.331. The molecule has 4 nitrogen and oxygen atoms in total. The van der Waals surface area contributed by atoms with E-state index in [2.05, 4.69) is 22.6 Å². The maximum atomic E-state index is 12.2. The zero-order valence-corrected chi connectivity index (χ0v) is 13.5. The average Bonchev–Trinajstić information content (AvgIpc) is 2.73. The number of hydrogen-bond donors (Lipinski definition) is 2. The van der Waals surface area contributed by atoms with E-state index in [0.29, 0.717) is 5.92 Å². The first-order valence-corrected chi connectivity index (χ1v) is 6.82. The van der Waals surface area contributed by atoms with Gasteiger partial charge in [0.15, 0.2) is 0 Å². The monoisotopic (exact) mass is 311 g/mol. The molecule has 19 heavy (non-hydrogen) atoms. The Labute approximate surface area is 128 Å². The minimum atomic E-state index is -0.331. The van der Waals surface area contributed by atoms with Crippen LogP contribution in [0, 0.1) is 5.92 Å². The van der Waals surface area contributed by atoms with Gasteiger partial charge in [-0.1, -0.05) is 0 Å². The van der Waals surface area contributed by atoms with Crippen molar-refractivity contribution >= 4 is 30.7 Å². The lowest BCUT2D eigenvalue weighted by molar-refractivity contribution is -0.128. The molecule has 0 saturated carbocycles. The number of halogens is 2. The molecule has 2 unspecified atom stereocenters. The highest BCUT2D eigenvalue weighted by molar-refractivity contribution is 5.86. The van der Waals surface area contributed by atoms with Gasteiger partial charge in [-0.25, -0.2) is 0 Å². The quantitative estimate of drug-likeness (QED) is 0.829. The van der Waals surface area contributed by atoms with Crippen LogP contribution in [-0.2, 0) is 4.79 Å². The Morgan fingerprint density at radius 2 is 2.16 bits per heavy atom. The number of carbonyl (C=O) groups excluding carboxylic acids is 1. The van der Waals surface area contributed by atoms with Gasteiger partial charge >= 0.3 is 0 Å². The highest BCUT2D eigenvalue weighted by Gasteiger charge is 2.34. The first-order valence-electron chi connectivity index (χ1n) is 6.82. The fourth-order valence-corrected chi connectivity index (χ4v) is 2.88. The molecule has 114 valence electrons. The Hall–Kier alpha value is -0.0300. The lowest BCUT2D eigenvalue weighted by Crippen LogP contribution is -2.57. The molecular formula is C13H27Cl2N3O. The van der Waals surface area contributed by atoms with Crippen molar-refractivity contribution in [3.63, 3.8) is 0 Å². The van der Waals surface area contributed by atoms with E-state index in [4.69, 9.17) is 0 Å². The van der Waals surface area contributed by atoms with Crippen LogP contribution in [0.1, 0.15) is 32.6 Å². The van der Waals surface area contributed by atoms with Crippen LogP contribution in [0.3, 0.4) is 0 Å². The molecule has 2 aliphatic rings. The molecule has 0 aromatic carbocycles.